The monoisotopic (exact) mass is 356 g/mol. The second kappa shape index (κ2) is 6.19. The van der Waals surface area contributed by atoms with Crippen molar-refractivity contribution in [1.29, 1.82) is 0 Å². The molecule has 0 spiro atoms. The first-order valence-electron chi connectivity index (χ1n) is 5.78. The summed E-state index contributed by atoms with van der Waals surface area (Å²) in [5.74, 6) is 0.955. The second-order valence-corrected chi connectivity index (χ2v) is 6.05. The van der Waals surface area contributed by atoms with Crippen LogP contribution >= 0.6 is 27.3 Å². The Labute approximate surface area is 128 Å². The quantitative estimate of drug-likeness (QED) is 0.655. The molecule has 0 unspecified atom stereocenters. The van der Waals surface area contributed by atoms with E-state index in [0.29, 0.717) is 18.2 Å². The lowest BCUT2D eigenvalue weighted by molar-refractivity contribution is -0.384. The third-order valence-corrected chi connectivity index (χ3v) is 4.37. The van der Waals surface area contributed by atoms with Crippen molar-refractivity contribution in [2.75, 3.05) is 24.3 Å². The molecule has 0 saturated carbocycles. The predicted molar refractivity (Wildman–Crippen MR) is 84.6 cm³/mol. The number of nitrogens with one attached hydrogen (secondary N) is 1. The highest BCUT2D eigenvalue weighted by molar-refractivity contribution is 9.10. The number of hydrogen-bond donors (Lipinski definition) is 1. The van der Waals surface area contributed by atoms with E-state index in [9.17, 15) is 10.1 Å². The molecule has 0 atom stereocenters. The fourth-order valence-corrected chi connectivity index (χ4v) is 3.25. The van der Waals surface area contributed by atoms with Crippen LogP contribution in [0.1, 0.15) is 4.88 Å². The second-order valence-electron chi connectivity index (χ2n) is 4.13. The van der Waals surface area contributed by atoms with Crippen molar-refractivity contribution >= 4 is 44.6 Å². The van der Waals surface area contributed by atoms with E-state index in [1.165, 1.54) is 6.07 Å². The minimum Gasteiger partial charge on any atom is -0.373 e. The summed E-state index contributed by atoms with van der Waals surface area (Å²) in [5, 5.41) is 16.0. The number of hydrogen-bond acceptors (Lipinski definition) is 6. The van der Waals surface area contributed by atoms with Gasteiger partial charge in [-0.1, -0.05) is 0 Å². The number of nitro groups is 1. The lowest BCUT2D eigenvalue weighted by Gasteiger charge is -2.17. The zero-order valence-electron chi connectivity index (χ0n) is 11.0. The van der Waals surface area contributed by atoms with Crippen LogP contribution in [0, 0.1) is 10.1 Å². The molecule has 0 fully saturated rings. The topological polar surface area (TPSA) is 71.3 Å². The standard InChI is InChI=1S/C12H13BrN4O2S/c1-14-11-4-3-10(17(18)19)12(15-11)16(2)6-9-5-8(13)7-20-9/h3-5,7H,6H2,1-2H3,(H,14,15). The van der Waals surface area contributed by atoms with E-state index >= 15 is 0 Å². The number of pyridine rings is 1. The van der Waals surface area contributed by atoms with Gasteiger partial charge in [0.15, 0.2) is 0 Å². The van der Waals surface area contributed by atoms with Gasteiger partial charge in [-0.15, -0.1) is 11.3 Å². The molecule has 0 aliphatic carbocycles. The van der Waals surface area contributed by atoms with Crippen LogP contribution in [-0.4, -0.2) is 24.0 Å². The minimum absolute atomic E-state index is 0.00196. The number of aromatic nitrogens is 1. The fraction of sp³-hybridized carbons (Fsp3) is 0.250. The van der Waals surface area contributed by atoms with Gasteiger partial charge in [0, 0.05) is 34.9 Å². The summed E-state index contributed by atoms with van der Waals surface area (Å²) >= 11 is 4.99. The van der Waals surface area contributed by atoms with Crippen LogP contribution < -0.4 is 10.2 Å². The Morgan fingerprint density at radius 2 is 2.30 bits per heavy atom. The highest BCUT2D eigenvalue weighted by Gasteiger charge is 2.20. The number of thiophene rings is 1. The molecule has 0 saturated heterocycles. The van der Waals surface area contributed by atoms with Crippen molar-refractivity contribution in [1.82, 2.24) is 4.98 Å². The first-order chi connectivity index (χ1) is 9.51. The van der Waals surface area contributed by atoms with E-state index in [2.05, 4.69) is 26.2 Å². The van der Waals surface area contributed by atoms with Crippen LogP contribution in [0.5, 0.6) is 0 Å². The van der Waals surface area contributed by atoms with Crippen LogP contribution in [0.25, 0.3) is 0 Å². The lowest BCUT2D eigenvalue weighted by atomic mass is 10.3. The molecular weight excluding hydrogens is 344 g/mol. The average Bonchev–Trinajstić information content (AvgIpc) is 2.83. The third kappa shape index (κ3) is 3.26. The minimum atomic E-state index is -0.414. The van der Waals surface area contributed by atoms with Gasteiger partial charge in [0.1, 0.15) is 5.82 Å². The maximum atomic E-state index is 11.1. The zero-order chi connectivity index (χ0) is 14.7. The summed E-state index contributed by atoms with van der Waals surface area (Å²) in [6, 6.07) is 5.06. The van der Waals surface area contributed by atoms with Crippen molar-refractivity contribution in [3.63, 3.8) is 0 Å². The molecule has 1 N–H and O–H groups in total. The Morgan fingerprint density at radius 3 is 2.85 bits per heavy atom. The maximum Gasteiger partial charge on any atom is 0.311 e. The van der Waals surface area contributed by atoms with Crippen molar-refractivity contribution in [3.8, 4) is 0 Å². The largest absolute Gasteiger partial charge is 0.373 e. The van der Waals surface area contributed by atoms with E-state index in [4.69, 9.17) is 0 Å². The van der Waals surface area contributed by atoms with E-state index in [0.717, 1.165) is 9.35 Å². The summed E-state index contributed by atoms with van der Waals surface area (Å²) in [6.45, 7) is 0.567. The van der Waals surface area contributed by atoms with Gasteiger partial charge in [-0.2, -0.15) is 0 Å². The van der Waals surface area contributed by atoms with Gasteiger partial charge in [0.25, 0.3) is 0 Å². The Kier molecular flexibility index (Phi) is 4.56. The molecule has 0 radical (unpaired) electrons. The van der Waals surface area contributed by atoms with Crippen LogP contribution in [0.3, 0.4) is 0 Å². The highest BCUT2D eigenvalue weighted by Crippen LogP contribution is 2.29. The van der Waals surface area contributed by atoms with Gasteiger partial charge in [-0.05, 0) is 28.1 Å². The summed E-state index contributed by atoms with van der Waals surface area (Å²) in [6.07, 6.45) is 0. The summed E-state index contributed by atoms with van der Waals surface area (Å²) in [7, 11) is 3.52. The maximum absolute atomic E-state index is 11.1. The van der Waals surface area contributed by atoms with E-state index in [1.54, 1.807) is 36.4 Å². The summed E-state index contributed by atoms with van der Waals surface area (Å²) in [4.78, 5) is 17.8. The summed E-state index contributed by atoms with van der Waals surface area (Å²) < 4.78 is 1.01. The molecule has 6 nitrogen and oxygen atoms in total. The van der Waals surface area contributed by atoms with Gasteiger partial charge in [0.05, 0.1) is 11.5 Å². The number of rotatable bonds is 5. The van der Waals surface area contributed by atoms with Crippen molar-refractivity contribution in [2.45, 2.75) is 6.54 Å². The molecule has 20 heavy (non-hydrogen) atoms. The van der Waals surface area contributed by atoms with Crippen molar-refractivity contribution in [3.05, 3.63) is 43.0 Å². The zero-order valence-corrected chi connectivity index (χ0v) is 13.4. The molecule has 106 valence electrons. The van der Waals surface area contributed by atoms with Crippen molar-refractivity contribution in [2.24, 2.45) is 0 Å². The molecule has 2 rings (SSSR count). The molecule has 2 aromatic heterocycles. The van der Waals surface area contributed by atoms with Crippen LogP contribution in [0.15, 0.2) is 28.1 Å². The first-order valence-corrected chi connectivity index (χ1v) is 7.45. The molecule has 2 aromatic rings. The Balaban J connectivity index is 2.31. The number of nitrogens with zero attached hydrogens (tertiary/aromatic N) is 3. The third-order valence-electron chi connectivity index (χ3n) is 2.68. The van der Waals surface area contributed by atoms with Gasteiger partial charge in [-0.25, -0.2) is 4.98 Å². The van der Waals surface area contributed by atoms with E-state index in [-0.39, 0.29) is 5.69 Å². The molecule has 8 heteroatoms. The normalized spacial score (nSPS) is 10.3. The molecule has 2 heterocycles. The Bertz CT molecular complexity index is 632. The first kappa shape index (κ1) is 14.7. The molecule has 0 aliphatic heterocycles. The van der Waals surface area contributed by atoms with Gasteiger partial charge >= 0.3 is 5.69 Å². The molecule has 0 aliphatic rings. The summed E-state index contributed by atoms with van der Waals surface area (Å²) in [5.41, 5.74) is 0.00196. The fourth-order valence-electron chi connectivity index (χ4n) is 1.75. The van der Waals surface area contributed by atoms with Crippen molar-refractivity contribution < 1.29 is 4.92 Å². The number of anilines is 2. The van der Waals surface area contributed by atoms with E-state index in [1.807, 2.05) is 11.4 Å². The van der Waals surface area contributed by atoms with Crippen LogP contribution in [-0.2, 0) is 6.54 Å². The molecule has 0 amide bonds. The lowest BCUT2D eigenvalue weighted by Crippen LogP contribution is -2.19. The predicted octanol–water partition coefficient (Wildman–Crippen LogP) is 3.49. The van der Waals surface area contributed by atoms with E-state index < -0.39 is 4.92 Å². The van der Waals surface area contributed by atoms with Gasteiger partial charge in [-0.3, -0.25) is 10.1 Å². The molecular formula is C12H13BrN4O2S. The number of halogens is 1. The Hall–Kier alpha value is -1.67. The molecule has 0 bridgehead atoms. The van der Waals surface area contributed by atoms with Crippen LogP contribution in [0.2, 0.25) is 0 Å². The van der Waals surface area contributed by atoms with Gasteiger partial charge in [0.2, 0.25) is 5.82 Å². The highest BCUT2D eigenvalue weighted by atomic mass is 79.9. The SMILES string of the molecule is CNc1ccc([N+](=O)[O-])c(N(C)Cc2cc(Br)cs2)n1. The smallest absolute Gasteiger partial charge is 0.311 e. The molecule has 0 aromatic carbocycles. The van der Waals surface area contributed by atoms with Gasteiger partial charge < -0.3 is 10.2 Å². The Morgan fingerprint density at radius 1 is 1.55 bits per heavy atom. The average molecular weight is 357 g/mol. The van der Waals surface area contributed by atoms with Crippen LogP contribution in [0.4, 0.5) is 17.3 Å².